The summed E-state index contributed by atoms with van der Waals surface area (Å²) in [7, 11) is 5.74. The predicted octanol–water partition coefficient (Wildman–Crippen LogP) is 4.07. The molecule has 5 rings (SSSR count). The fourth-order valence-electron chi connectivity index (χ4n) is 5.31. The monoisotopic (exact) mass is 526 g/mol. The van der Waals surface area contributed by atoms with Crippen LogP contribution in [0.3, 0.4) is 0 Å². The highest BCUT2D eigenvalue weighted by molar-refractivity contribution is 6.31. The third-order valence-corrected chi connectivity index (χ3v) is 7.73. The summed E-state index contributed by atoms with van der Waals surface area (Å²) in [5, 5.41) is 0.0447. The van der Waals surface area contributed by atoms with Crippen LogP contribution in [0.2, 0.25) is 5.02 Å². The molecule has 196 valence electrons. The second kappa shape index (κ2) is 9.18. The fraction of sp³-hybridized carbons (Fsp3) is 0.423. The number of rotatable bonds is 5. The minimum atomic E-state index is -0.449. The van der Waals surface area contributed by atoms with E-state index in [0.717, 1.165) is 36.4 Å². The first-order valence-corrected chi connectivity index (χ1v) is 12.5. The molecule has 2 aliphatic rings. The van der Waals surface area contributed by atoms with Crippen LogP contribution in [0.4, 0.5) is 33.1 Å². The van der Waals surface area contributed by atoms with Crippen LogP contribution in [0.15, 0.2) is 24.5 Å². The molecule has 2 aliphatic heterocycles. The van der Waals surface area contributed by atoms with Crippen molar-refractivity contribution in [3.8, 4) is 17.1 Å². The van der Waals surface area contributed by atoms with Gasteiger partial charge in [0.25, 0.3) is 0 Å². The molecular formula is C26H32ClFN8O. The van der Waals surface area contributed by atoms with E-state index in [-0.39, 0.29) is 10.4 Å². The number of fused-ring (bicyclic) bond motifs is 1. The van der Waals surface area contributed by atoms with Crippen molar-refractivity contribution in [2.45, 2.75) is 31.7 Å². The van der Waals surface area contributed by atoms with Crippen LogP contribution in [0.1, 0.15) is 25.8 Å². The Kier molecular flexibility index (Phi) is 6.27. The molecular weight excluding hydrogens is 495 g/mol. The molecule has 0 saturated carbocycles. The SMILES string of the molecule is COc1cc(N2CCC(N(C)C)C2)c(N)c(-c2ncnc(N3CC(C)(C)c4cc(F)c(Cl)cc43)n2)c1N. The lowest BCUT2D eigenvalue weighted by Crippen LogP contribution is -2.31. The van der Waals surface area contributed by atoms with Crippen molar-refractivity contribution < 1.29 is 9.13 Å². The quantitative estimate of drug-likeness (QED) is 0.475. The Morgan fingerprint density at radius 2 is 1.89 bits per heavy atom. The molecule has 1 fully saturated rings. The topological polar surface area (TPSA) is 110 Å². The summed E-state index contributed by atoms with van der Waals surface area (Å²) in [5.74, 6) is 0.790. The number of anilines is 5. The first-order chi connectivity index (χ1) is 17.5. The Morgan fingerprint density at radius 1 is 1.14 bits per heavy atom. The Bertz CT molecular complexity index is 1360. The maximum atomic E-state index is 14.3. The molecule has 1 saturated heterocycles. The number of nitrogens with two attached hydrogens (primary N) is 2. The van der Waals surface area contributed by atoms with E-state index in [9.17, 15) is 4.39 Å². The van der Waals surface area contributed by atoms with E-state index in [1.807, 2.05) is 24.8 Å². The molecule has 1 aromatic heterocycles. The van der Waals surface area contributed by atoms with Gasteiger partial charge in [0.2, 0.25) is 5.95 Å². The molecule has 4 N–H and O–H groups in total. The van der Waals surface area contributed by atoms with Crippen LogP contribution >= 0.6 is 11.6 Å². The van der Waals surface area contributed by atoms with Gasteiger partial charge in [-0.05, 0) is 38.2 Å². The number of hydrogen-bond acceptors (Lipinski definition) is 9. The van der Waals surface area contributed by atoms with Gasteiger partial charge in [-0.3, -0.25) is 0 Å². The van der Waals surface area contributed by atoms with Crippen molar-refractivity contribution in [2.75, 3.05) is 62.1 Å². The van der Waals surface area contributed by atoms with Crippen LogP contribution in [-0.4, -0.2) is 66.7 Å². The van der Waals surface area contributed by atoms with E-state index >= 15 is 0 Å². The normalized spacial score (nSPS) is 18.5. The third kappa shape index (κ3) is 4.27. The van der Waals surface area contributed by atoms with Gasteiger partial charge in [-0.1, -0.05) is 25.4 Å². The van der Waals surface area contributed by atoms with Crippen molar-refractivity contribution in [1.82, 2.24) is 19.9 Å². The number of likely N-dealkylation sites (N-methyl/N-ethyl adjacent to an activating group) is 1. The van der Waals surface area contributed by atoms with Gasteiger partial charge in [0.05, 0.1) is 34.8 Å². The number of halogens is 2. The van der Waals surface area contributed by atoms with Gasteiger partial charge >= 0.3 is 0 Å². The van der Waals surface area contributed by atoms with E-state index in [1.165, 1.54) is 12.4 Å². The Morgan fingerprint density at radius 3 is 2.57 bits per heavy atom. The summed E-state index contributed by atoms with van der Waals surface area (Å²) in [4.78, 5) is 20.0. The van der Waals surface area contributed by atoms with Crippen LogP contribution < -0.4 is 26.0 Å². The van der Waals surface area contributed by atoms with E-state index < -0.39 is 5.82 Å². The molecule has 3 aromatic rings. The summed E-state index contributed by atoms with van der Waals surface area (Å²) in [6.45, 7) is 6.33. The molecule has 0 aliphatic carbocycles. The molecule has 9 nitrogen and oxygen atoms in total. The molecule has 11 heteroatoms. The second-order valence-electron chi connectivity index (χ2n) is 10.5. The van der Waals surface area contributed by atoms with Gasteiger partial charge in [0.15, 0.2) is 5.82 Å². The highest BCUT2D eigenvalue weighted by Crippen LogP contribution is 2.47. The smallest absolute Gasteiger partial charge is 0.233 e. The number of nitrogen functional groups attached to an aromatic ring is 2. The average molecular weight is 527 g/mol. The summed E-state index contributed by atoms with van der Waals surface area (Å²) in [6.07, 6.45) is 2.46. The molecule has 37 heavy (non-hydrogen) atoms. The minimum absolute atomic E-state index is 0.0447. The fourth-order valence-corrected chi connectivity index (χ4v) is 5.47. The van der Waals surface area contributed by atoms with E-state index in [2.05, 4.69) is 33.9 Å². The number of aromatic nitrogens is 3. The third-order valence-electron chi connectivity index (χ3n) is 7.44. The molecule has 0 bridgehead atoms. The highest BCUT2D eigenvalue weighted by Gasteiger charge is 2.38. The van der Waals surface area contributed by atoms with Crippen molar-refractivity contribution >= 4 is 40.3 Å². The molecule has 3 heterocycles. The standard InChI is InChI=1S/C26H32ClFN8O/c1-26(2)12-36(18-9-16(27)17(28)8-15(18)26)25-32-13-31-24(33-25)21-22(29)19(10-20(37-5)23(21)30)35-7-6-14(11-35)34(3)4/h8-10,13-14H,6-7,11-12,29-30H2,1-5H3. The summed E-state index contributed by atoms with van der Waals surface area (Å²) in [5.41, 5.74) is 16.7. The van der Waals surface area contributed by atoms with Gasteiger partial charge in [0, 0.05) is 42.8 Å². The molecule has 0 amide bonds. The molecule has 0 radical (unpaired) electrons. The minimum Gasteiger partial charge on any atom is -0.494 e. The lowest BCUT2D eigenvalue weighted by Gasteiger charge is -2.26. The van der Waals surface area contributed by atoms with E-state index in [4.69, 9.17) is 32.8 Å². The zero-order valence-corrected chi connectivity index (χ0v) is 22.5. The van der Waals surface area contributed by atoms with Gasteiger partial charge in [-0.25, -0.2) is 14.4 Å². The van der Waals surface area contributed by atoms with Crippen molar-refractivity contribution in [3.05, 3.63) is 40.9 Å². The van der Waals surface area contributed by atoms with Gasteiger partial charge in [-0.15, -0.1) is 0 Å². The number of methoxy groups -OCH3 is 1. The largest absolute Gasteiger partial charge is 0.494 e. The lowest BCUT2D eigenvalue weighted by molar-refractivity contribution is 0.315. The second-order valence-corrected chi connectivity index (χ2v) is 10.9. The zero-order chi connectivity index (χ0) is 26.6. The highest BCUT2D eigenvalue weighted by atomic mass is 35.5. The first-order valence-electron chi connectivity index (χ1n) is 12.2. The maximum Gasteiger partial charge on any atom is 0.233 e. The number of benzene rings is 2. The Hall–Kier alpha value is -3.37. The van der Waals surface area contributed by atoms with E-state index in [0.29, 0.717) is 47.0 Å². The summed E-state index contributed by atoms with van der Waals surface area (Å²) >= 11 is 6.14. The van der Waals surface area contributed by atoms with Crippen LogP contribution in [-0.2, 0) is 5.41 Å². The van der Waals surface area contributed by atoms with Gasteiger partial charge < -0.3 is 30.9 Å². The predicted molar refractivity (Wildman–Crippen MR) is 146 cm³/mol. The van der Waals surface area contributed by atoms with Crippen molar-refractivity contribution in [1.29, 1.82) is 0 Å². The van der Waals surface area contributed by atoms with Crippen molar-refractivity contribution in [2.24, 2.45) is 0 Å². The van der Waals surface area contributed by atoms with Crippen LogP contribution in [0, 0.1) is 5.82 Å². The lowest BCUT2D eigenvalue weighted by atomic mass is 9.87. The molecule has 1 unspecified atom stereocenters. The Labute approximate surface area is 221 Å². The number of ether oxygens (including phenoxy) is 1. The Balaban J connectivity index is 1.59. The summed E-state index contributed by atoms with van der Waals surface area (Å²) < 4.78 is 19.9. The number of hydrogen-bond donors (Lipinski definition) is 2. The van der Waals surface area contributed by atoms with Gasteiger partial charge in [-0.2, -0.15) is 4.98 Å². The molecule has 2 aromatic carbocycles. The average Bonchev–Trinajstić information content (AvgIpc) is 3.44. The molecule has 1 atom stereocenters. The van der Waals surface area contributed by atoms with Gasteiger partial charge in [0.1, 0.15) is 17.9 Å². The zero-order valence-electron chi connectivity index (χ0n) is 21.7. The van der Waals surface area contributed by atoms with Crippen LogP contribution in [0.25, 0.3) is 11.4 Å². The number of nitrogens with zero attached hydrogens (tertiary/aromatic N) is 6. The molecule has 0 spiro atoms. The first kappa shape index (κ1) is 25.3. The van der Waals surface area contributed by atoms with E-state index in [1.54, 1.807) is 13.2 Å². The maximum absolute atomic E-state index is 14.3. The summed E-state index contributed by atoms with van der Waals surface area (Å²) in [6, 6.07) is 5.40. The van der Waals surface area contributed by atoms with Crippen molar-refractivity contribution in [3.63, 3.8) is 0 Å². The van der Waals surface area contributed by atoms with Crippen LogP contribution in [0.5, 0.6) is 5.75 Å².